The number of hydrogen-bond acceptors (Lipinski definition) is 1. The van der Waals surface area contributed by atoms with Gasteiger partial charge in [-0.15, -0.1) is 0 Å². The molecule has 0 fully saturated rings. The van der Waals surface area contributed by atoms with Crippen LogP contribution in [0.2, 0.25) is 0 Å². The molecule has 0 spiro atoms. The van der Waals surface area contributed by atoms with Crippen LogP contribution in [0.4, 0.5) is 5.69 Å². The average Bonchev–Trinajstić information content (AvgIpc) is 2.59. The molecule has 76 valence electrons. The summed E-state index contributed by atoms with van der Waals surface area (Å²) in [6, 6.07) is 5.58. The van der Waals surface area contributed by atoms with Gasteiger partial charge in [-0.2, -0.15) is 0 Å². The van der Waals surface area contributed by atoms with Crippen molar-refractivity contribution < 1.29 is 0 Å². The van der Waals surface area contributed by atoms with Gasteiger partial charge in [0.15, 0.2) is 5.69 Å². The van der Waals surface area contributed by atoms with Crippen LogP contribution in [0.5, 0.6) is 0 Å². The van der Waals surface area contributed by atoms with Crippen LogP contribution >= 0.6 is 0 Å². The topological polar surface area (TPSA) is 22.2 Å². The first kappa shape index (κ1) is 9.72. The first-order valence-corrected chi connectivity index (χ1v) is 4.87. The fraction of sp³-hybridized carbons (Fsp3) is 0.333. The van der Waals surface area contributed by atoms with Gasteiger partial charge >= 0.3 is 0 Å². The molecule has 2 aromatic rings. The predicted molar refractivity (Wildman–Crippen MR) is 61.0 cm³/mol. The highest BCUT2D eigenvalue weighted by molar-refractivity contribution is 5.80. The number of benzene rings is 1. The van der Waals surface area contributed by atoms with Crippen molar-refractivity contribution in [3.63, 3.8) is 0 Å². The minimum atomic E-state index is -0.00456. The Bertz CT molecular complexity index is 538. The van der Waals surface area contributed by atoms with Gasteiger partial charge in [-0.25, -0.2) is 9.83 Å². The van der Waals surface area contributed by atoms with Gasteiger partial charge in [-0.3, -0.25) is 0 Å². The Balaban J connectivity index is 2.73. The zero-order valence-corrected chi connectivity index (χ0v) is 9.15. The van der Waals surface area contributed by atoms with E-state index in [0.717, 1.165) is 11.0 Å². The maximum atomic E-state index is 6.99. The Morgan fingerprint density at radius 2 is 2.07 bits per heavy atom. The summed E-state index contributed by atoms with van der Waals surface area (Å²) in [5, 5.41) is 0. The minimum Gasteiger partial charge on any atom is -0.326 e. The number of imidazole rings is 1. The molecule has 0 saturated heterocycles. The maximum Gasteiger partial charge on any atom is 0.189 e. The van der Waals surface area contributed by atoms with E-state index in [1.165, 1.54) is 0 Å². The minimum absolute atomic E-state index is 0.00456. The number of fused-ring (bicyclic) bond motifs is 1. The summed E-state index contributed by atoms with van der Waals surface area (Å²) in [6.07, 6.45) is 1.83. The molecule has 0 atom stereocenters. The third-order valence-corrected chi connectivity index (χ3v) is 2.38. The Morgan fingerprint density at radius 3 is 2.67 bits per heavy atom. The second-order valence-electron chi connectivity index (χ2n) is 4.57. The van der Waals surface area contributed by atoms with Crippen LogP contribution < -0.4 is 0 Å². The largest absolute Gasteiger partial charge is 0.326 e. The monoisotopic (exact) mass is 199 g/mol. The highest BCUT2D eigenvalue weighted by Crippen LogP contribution is 2.25. The quantitative estimate of drug-likeness (QED) is 0.596. The lowest BCUT2D eigenvalue weighted by atomic mass is 10.1. The van der Waals surface area contributed by atoms with Gasteiger partial charge in [-0.05, 0) is 32.9 Å². The Kier molecular flexibility index (Phi) is 2.01. The van der Waals surface area contributed by atoms with Crippen LogP contribution in [0.15, 0.2) is 24.5 Å². The average molecular weight is 199 g/mol. The van der Waals surface area contributed by atoms with Gasteiger partial charge in [0, 0.05) is 5.54 Å². The van der Waals surface area contributed by atoms with Crippen molar-refractivity contribution in [2.75, 3.05) is 0 Å². The van der Waals surface area contributed by atoms with Crippen LogP contribution in [0.3, 0.4) is 0 Å². The molecular weight excluding hydrogens is 186 g/mol. The first-order valence-electron chi connectivity index (χ1n) is 4.87. The molecule has 0 aliphatic rings. The summed E-state index contributed by atoms with van der Waals surface area (Å²) < 4.78 is 2.09. The van der Waals surface area contributed by atoms with Gasteiger partial charge in [0.05, 0.1) is 23.9 Å². The van der Waals surface area contributed by atoms with E-state index in [-0.39, 0.29) is 5.54 Å². The van der Waals surface area contributed by atoms with E-state index in [1.807, 2.05) is 18.5 Å². The molecule has 0 unspecified atom stereocenters. The van der Waals surface area contributed by atoms with Gasteiger partial charge in [-0.1, -0.05) is 6.07 Å². The molecule has 0 bridgehead atoms. The molecule has 1 aromatic heterocycles. The number of aromatic nitrogens is 2. The number of hydrogen-bond donors (Lipinski definition) is 0. The van der Waals surface area contributed by atoms with Gasteiger partial charge in [0.1, 0.15) is 0 Å². The molecule has 1 heterocycles. The Hall–Kier alpha value is -1.82. The van der Waals surface area contributed by atoms with Crippen molar-refractivity contribution in [1.29, 1.82) is 0 Å². The van der Waals surface area contributed by atoms with Crippen LogP contribution in [0, 0.1) is 6.57 Å². The lowest BCUT2D eigenvalue weighted by Crippen LogP contribution is -2.20. The number of rotatable bonds is 0. The van der Waals surface area contributed by atoms with Crippen molar-refractivity contribution in [2.45, 2.75) is 26.3 Å². The molecule has 0 aliphatic carbocycles. The van der Waals surface area contributed by atoms with E-state index in [2.05, 4.69) is 35.2 Å². The van der Waals surface area contributed by atoms with Crippen LogP contribution in [-0.2, 0) is 5.54 Å². The molecule has 1 aromatic carbocycles. The summed E-state index contributed by atoms with van der Waals surface area (Å²) in [6.45, 7) is 13.4. The smallest absolute Gasteiger partial charge is 0.189 e. The lowest BCUT2D eigenvalue weighted by molar-refractivity contribution is 0.408. The maximum absolute atomic E-state index is 6.99. The molecule has 0 saturated carbocycles. The second kappa shape index (κ2) is 3.09. The fourth-order valence-corrected chi connectivity index (χ4v) is 1.60. The SMILES string of the molecule is [C-]#[N+]c1ccc2ncn(C(C)(C)C)c2c1. The number of nitrogens with zero attached hydrogens (tertiary/aromatic N) is 3. The molecule has 3 heteroatoms. The highest BCUT2D eigenvalue weighted by atomic mass is 15.1. The van der Waals surface area contributed by atoms with E-state index in [1.54, 1.807) is 6.07 Å². The van der Waals surface area contributed by atoms with E-state index in [9.17, 15) is 0 Å². The van der Waals surface area contributed by atoms with E-state index in [4.69, 9.17) is 6.57 Å². The first-order chi connectivity index (χ1) is 7.02. The van der Waals surface area contributed by atoms with Crippen molar-refractivity contribution in [2.24, 2.45) is 0 Å². The summed E-state index contributed by atoms with van der Waals surface area (Å²) in [5.41, 5.74) is 2.62. The van der Waals surface area contributed by atoms with Crippen molar-refractivity contribution in [1.82, 2.24) is 9.55 Å². The van der Waals surface area contributed by atoms with E-state index in [0.29, 0.717) is 5.69 Å². The van der Waals surface area contributed by atoms with Gasteiger partial charge in [0.2, 0.25) is 0 Å². The summed E-state index contributed by atoms with van der Waals surface area (Å²) in [7, 11) is 0. The summed E-state index contributed by atoms with van der Waals surface area (Å²) >= 11 is 0. The molecule has 3 nitrogen and oxygen atoms in total. The normalized spacial score (nSPS) is 11.6. The standard InChI is InChI=1S/C12H13N3/c1-12(2,3)15-8-14-10-6-5-9(13-4)7-11(10)15/h5-8H,1-3H3. The van der Waals surface area contributed by atoms with Gasteiger partial charge in [0.25, 0.3) is 0 Å². The Labute approximate surface area is 89.2 Å². The molecule has 0 amide bonds. The van der Waals surface area contributed by atoms with Crippen molar-refractivity contribution in [3.8, 4) is 0 Å². The molecular formula is C12H13N3. The molecule has 15 heavy (non-hydrogen) atoms. The fourth-order valence-electron chi connectivity index (χ4n) is 1.60. The van der Waals surface area contributed by atoms with Crippen molar-refractivity contribution in [3.05, 3.63) is 35.9 Å². The van der Waals surface area contributed by atoms with Crippen LogP contribution in [-0.4, -0.2) is 9.55 Å². The molecule has 0 N–H and O–H groups in total. The predicted octanol–water partition coefficient (Wildman–Crippen LogP) is 3.34. The Morgan fingerprint density at radius 1 is 1.33 bits per heavy atom. The molecule has 2 rings (SSSR count). The molecule has 0 radical (unpaired) electrons. The summed E-state index contributed by atoms with van der Waals surface area (Å²) in [4.78, 5) is 7.75. The van der Waals surface area contributed by atoms with Crippen LogP contribution in [0.25, 0.3) is 15.9 Å². The van der Waals surface area contributed by atoms with E-state index >= 15 is 0 Å². The second-order valence-corrected chi connectivity index (χ2v) is 4.57. The lowest BCUT2D eigenvalue weighted by Gasteiger charge is -2.21. The third-order valence-electron chi connectivity index (χ3n) is 2.38. The third kappa shape index (κ3) is 1.59. The van der Waals surface area contributed by atoms with Gasteiger partial charge < -0.3 is 4.57 Å². The summed E-state index contributed by atoms with van der Waals surface area (Å²) in [5.74, 6) is 0. The zero-order valence-electron chi connectivity index (χ0n) is 9.15. The molecule has 0 aliphatic heterocycles. The van der Waals surface area contributed by atoms with E-state index < -0.39 is 0 Å². The highest BCUT2D eigenvalue weighted by Gasteiger charge is 2.15. The van der Waals surface area contributed by atoms with Crippen LogP contribution in [0.1, 0.15) is 20.8 Å². The van der Waals surface area contributed by atoms with Crippen molar-refractivity contribution >= 4 is 16.7 Å². The zero-order chi connectivity index (χ0) is 11.1.